The lowest BCUT2D eigenvalue weighted by atomic mass is 10.2. The Balaban J connectivity index is 2.36. The number of benzene rings is 1. The minimum Gasteiger partial charge on any atom is -0.310 e. The summed E-state index contributed by atoms with van der Waals surface area (Å²) < 4.78 is 13.2. The molecule has 17 heavy (non-hydrogen) atoms. The van der Waals surface area contributed by atoms with Crippen molar-refractivity contribution in [2.24, 2.45) is 0 Å². The monoisotopic (exact) mass is 258 g/mol. The Kier molecular flexibility index (Phi) is 5.89. The highest BCUT2D eigenvalue weighted by atomic mass is 35.5. The number of hydrogen-bond acceptors (Lipinski definition) is 2. The number of nitrogens with zero attached hydrogens (tertiary/aromatic N) is 1. The lowest BCUT2D eigenvalue weighted by Crippen LogP contribution is -2.29. The second kappa shape index (κ2) is 6.94. The molecule has 1 atom stereocenters. The van der Waals surface area contributed by atoms with Crippen molar-refractivity contribution < 1.29 is 4.39 Å². The van der Waals surface area contributed by atoms with Crippen molar-refractivity contribution in [1.29, 1.82) is 0 Å². The summed E-state index contributed by atoms with van der Waals surface area (Å²) in [5, 5.41) is 3.54. The van der Waals surface area contributed by atoms with Gasteiger partial charge in [-0.25, -0.2) is 4.39 Å². The van der Waals surface area contributed by atoms with E-state index in [0.717, 1.165) is 18.5 Å². The molecule has 4 heteroatoms. The molecule has 0 aromatic heterocycles. The van der Waals surface area contributed by atoms with Gasteiger partial charge in [0.2, 0.25) is 0 Å². The Morgan fingerprint density at radius 2 is 2.12 bits per heavy atom. The first-order valence-corrected chi connectivity index (χ1v) is 6.19. The van der Waals surface area contributed by atoms with Crippen LogP contribution in [0.1, 0.15) is 18.9 Å². The van der Waals surface area contributed by atoms with Gasteiger partial charge in [0, 0.05) is 12.6 Å². The summed E-state index contributed by atoms with van der Waals surface area (Å²) in [6.45, 7) is 3.85. The highest BCUT2D eigenvalue weighted by molar-refractivity contribution is 6.30. The molecule has 0 aliphatic rings. The summed E-state index contributed by atoms with van der Waals surface area (Å²) in [4.78, 5) is 2.15. The molecule has 2 nitrogen and oxygen atoms in total. The molecule has 1 rings (SSSR count). The Bertz CT molecular complexity index is 355. The Labute approximate surface area is 108 Å². The van der Waals surface area contributed by atoms with Crippen molar-refractivity contribution in [3.8, 4) is 0 Å². The summed E-state index contributed by atoms with van der Waals surface area (Å²) >= 11 is 5.63. The van der Waals surface area contributed by atoms with E-state index in [2.05, 4.69) is 31.2 Å². The molecule has 0 aliphatic heterocycles. The van der Waals surface area contributed by atoms with E-state index in [1.807, 2.05) is 6.07 Å². The van der Waals surface area contributed by atoms with Crippen LogP contribution >= 0.6 is 11.6 Å². The van der Waals surface area contributed by atoms with Gasteiger partial charge < -0.3 is 10.2 Å². The first-order chi connectivity index (χ1) is 7.99. The fourth-order valence-electron chi connectivity index (χ4n) is 1.50. The van der Waals surface area contributed by atoms with E-state index < -0.39 is 0 Å². The summed E-state index contributed by atoms with van der Waals surface area (Å²) in [6.07, 6.45) is 1.07. The van der Waals surface area contributed by atoms with Crippen LogP contribution in [0.25, 0.3) is 0 Å². The van der Waals surface area contributed by atoms with Crippen molar-refractivity contribution in [3.05, 3.63) is 34.6 Å². The maximum absolute atomic E-state index is 13.2. The van der Waals surface area contributed by atoms with Crippen molar-refractivity contribution >= 4 is 11.6 Å². The minimum atomic E-state index is -0.355. The van der Waals surface area contributed by atoms with Crippen molar-refractivity contribution in [2.45, 2.75) is 25.9 Å². The fraction of sp³-hybridized carbons (Fsp3) is 0.538. The van der Waals surface area contributed by atoms with Crippen LogP contribution in [0.15, 0.2) is 18.2 Å². The standard InChI is InChI=1S/C13H20ClFN2/c1-10(6-7-17(2)3)16-9-11-4-5-12(14)13(15)8-11/h4-5,8,10,16H,6-7,9H2,1-3H3. The van der Waals surface area contributed by atoms with E-state index in [1.54, 1.807) is 6.07 Å². The molecule has 0 fully saturated rings. The quantitative estimate of drug-likeness (QED) is 0.844. The minimum absolute atomic E-state index is 0.175. The first-order valence-electron chi connectivity index (χ1n) is 5.81. The third-order valence-corrected chi connectivity index (χ3v) is 2.95. The maximum Gasteiger partial charge on any atom is 0.142 e. The average Bonchev–Trinajstić information content (AvgIpc) is 2.28. The molecule has 1 aromatic rings. The van der Waals surface area contributed by atoms with Crippen LogP contribution < -0.4 is 5.32 Å². The number of nitrogens with one attached hydrogen (secondary N) is 1. The molecule has 1 aromatic carbocycles. The number of hydrogen-bond donors (Lipinski definition) is 1. The molecule has 0 radical (unpaired) electrons. The van der Waals surface area contributed by atoms with Gasteiger partial charge in [-0.15, -0.1) is 0 Å². The fourth-order valence-corrected chi connectivity index (χ4v) is 1.61. The van der Waals surface area contributed by atoms with Gasteiger partial charge in [-0.2, -0.15) is 0 Å². The number of halogens is 2. The van der Waals surface area contributed by atoms with Gasteiger partial charge in [0.05, 0.1) is 5.02 Å². The molecule has 0 spiro atoms. The molecule has 1 unspecified atom stereocenters. The summed E-state index contributed by atoms with van der Waals surface area (Å²) in [5.74, 6) is -0.355. The highest BCUT2D eigenvalue weighted by Crippen LogP contribution is 2.15. The van der Waals surface area contributed by atoms with Gasteiger partial charge in [0.1, 0.15) is 5.82 Å². The van der Waals surface area contributed by atoms with E-state index in [9.17, 15) is 4.39 Å². The zero-order valence-electron chi connectivity index (χ0n) is 10.6. The van der Waals surface area contributed by atoms with E-state index in [-0.39, 0.29) is 10.8 Å². The first kappa shape index (κ1) is 14.4. The molecule has 0 bridgehead atoms. The molecule has 1 N–H and O–H groups in total. The zero-order valence-corrected chi connectivity index (χ0v) is 11.4. The molecule has 0 amide bonds. The summed E-state index contributed by atoms with van der Waals surface area (Å²) in [7, 11) is 4.11. The molecule has 0 saturated carbocycles. The van der Waals surface area contributed by atoms with Crippen LogP contribution in [-0.4, -0.2) is 31.6 Å². The van der Waals surface area contributed by atoms with Gasteiger partial charge in [0.25, 0.3) is 0 Å². The predicted molar refractivity (Wildman–Crippen MR) is 70.9 cm³/mol. The topological polar surface area (TPSA) is 15.3 Å². The van der Waals surface area contributed by atoms with Crippen LogP contribution in [0, 0.1) is 5.82 Å². The van der Waals surface area contributed by atoms with Crippen LogP contribution in [-0.2, 0) is 6.54 Å². The Morgan fingerprint density at radius 1 is 1.41 bits per heavy atom. The number of rotatable bonds is 6. The normalized spacial score (nSPS) is 13.1. The van der Waals surface area contributed by atoms with Gasteiger partial charge in [-0.3, -0.25) is 0 Å². The molecular weight excluding hydrogens is 239 g/mol. The molecule has 0 saturated heterocycles. The SMILES string of the molecule is CC(CCN(C)C)NCc1ccc(Cl)c(F)c1. The highest BCUT2D eigenvalue weighted by Gasteiger charge is 2.04. The van der Waals surface area contributed by atoms with E-state index in [1.165, 1.54) is 6.07 Å². The van der Waals surface area contributed by atoms with Gasteiger partial charge >= 0.3 is 0 Å². The zero-order chi connectivity index (χ0) is 12.8. The van der Waals surface area contributed by atoms with E-state index in [0.29, 0.717) is 12.6 Å². The second-order valence-electron chi connectivity index (χ2n) is 4.62. The average molecular weight is 259 g/mol. The lowest BCUT2D eigenvalue weighted by molar-refractivity contribution is 0.365. The van der Waals surface area contributed by atoms with Crippen molar-refractivity contribution in [1.82, 2.24) is 10.2 Å². The summed E-state index contributed by atoms with van der Waals surface area (Å²) in [6, 6.07) is 5.33. The largest absolute Gasteiger partial charge is 0.310 e. The summed E-state index contributed by atoms with van der Waals surface area (Å²) in [5.41, 5.74) is 0.920. The Morgan fingerprint density at radius 3 is 2.71 bits per heavy atom. The van der Waals surface area contributed by atoms with E-state index in [4.69, 9.17) is 11.6 Å². The van der Waals surface area contributed by atoms with Crippen molar-refractivity contribution in [2.75, 3.05) is 20.6 Å². The van der Waals surface area contributed by atoms with Crippen LogP contribution in [0.3, 0.4) is 0 Å². The molecule has 0 aliphatic carbocycles. The van der Waals surface area contributed by atoms with E-state index >= 15 is 0 Å². The molecule has 96 valence electrons. The third-order valence-electron chi connectivity index (χ3n) is 2.65. The lowest BCUT2D eigenvalue weighted by Gasteiger charge is -2.16. The van der Waals surface area contributed by atoms with Crippen LogP contribution in [0.4, 0.5) is 4.39 Å². The maximum atomic E-state index is 13.2. The van der Waals surface area contributed by atoms with Crippen LogP contribution in [0.2, 0.25) is 5.02 Å². The van der Waals surface area contributed by atoms with Gasteiger partial charge in [0.15, 0.2) is 0 Å². The van der Waals surface area contributed by atoms with Crippen LogP contribution in [0.5, 0.6) is 0 Å². The Hall–Kier alpha value is -0.640. The van der Waals surface area contributed by atoms with Crippen molar-refractivity contribution in [3.63, 3.8) is 0 Å². The third kappa shape index (κ3) is 5.48. The second-order valence-corrected chi connectivity index (χ2v) is 5.03. The van der Waals surface area contributed by atoms with Gasteiger partial charge in [-0.1, -0.05) is 17.7 Å². The van der Waals surface area contributed by atoms with Gasteiger partial charge in [-0.05, 0) is 51.7 Å². The molecule has 0 heterocycles. The predicted octanol–water partition coefficient (Wildman–Crippen LogP) is 2.91. The molecular formula is C13H20ClFN2. The smallest absolute Gasteiger partial charge is 0.142 e.